The minimum absolute atomic E-state index is 0.149. The van der Waals surface area contributed by atoms with E-state index in [1.165, 1.54) is 0 Å². The van der Waals surface area contributed by atoms with Crippen molar-refractivity contribution in [1.82, 2.24) is 0 Å². The summed E-state index contributed by atoms with van der Waals surface area (Å²) in [7, 11) is 0. The molecule has 0 saturated carbocycles. The highest BCUT2D eigenvalue weighted by molar-refractivity contribution is 6.38. The minimum atomic E-state index is -0.654. The first-order chi connectivity index (χ1) is 8.68. The first kappa shape index (κ1) is 11.6. The largest absolute Gasteiger partial charge is 0.475 e. The quantitative estimate of drug-likeness (QED) is 0.777. The summed E-state index contributed by atoms with van der Waals surface area (Å²) in [5.41, 5.74) is 1.17. The van der Waals surface area contributed by atoms with E-state index in [0.29, 0.717) is 21.4 Å². The van der Waals surface area contributed by atoms with E-state index in [2.05, 4.69) is 0 Å². The predicted molar refractivity (Wildman–Crippen MR) is 70.6 cm³/mol. The molecule has 4 heteroatoms. The van der Waals surface area contributed by atoms with Gasteiger partial charge in [-0.2, -0.15) is 0 Å². The Bertz CT molecular complexity index is 623. The molecule has 3 rings (SSSR count). The molecule has 1 aliphatic heterocycles. The highest BCUT2D eigenvalue weighted by Gasteiger charge is 2.36. The van der Waals surface area contributed by atoms with E-state index in [0.717, 1.165) is 5.56 Å². The van der Waals surface area contributed by atoms with Crippen LogP contribution in [-0.2, 0) is 0 Å². The second-order valence-electron chi connectivity index (χ2n) is 4.01. The number of halogens is 2. The predicted octanol–water partition coefficient (Wildman–Crippen LogP) is 4.31. The number of carbonyl (C=O) groups is 1. The Hall–Kier alpha value is -1.51. The molecular weight excluding hydrogens is 271 g/mol. The molecule has 90 valence electrons. The molecule has 1 aliphatic rings. The average Bonchev–Trinajstić information content (AvgIpc) is 2.74. The number of hydrogen-bond acceptors (Lipinski definition) is 2. The summed E-state index contributed by atoms with van der Waals surface area (Å²) < 4.78 is 5.65. The van der Waals surface area contributed by atoms with Gasteiger partial charge >= 0.3 is 0 Å². The lowest BCUT2D eigenvalue weighted by Crippen LogP contribution is -2.10. The molecule has 1 heterocycles. The van der Waals surface area contributed by atoms with E-state index in [9.17, 15) is 4.79 Å². The maximum absolute atomic E-state index is 12.3. The number of Topliss-reactive ketones (excluding diaryl/α,β-unsaturated/α-hetero) is 1. The zero-order valence-electron chi connectivity index (χ0n) is 9.19. The third-order valence-electron chi connectivity index (χ3n) is 2.88. The Labute approximate surface area is 114 Å². The average molecular weight is 279 g/mol. The van der Waals surface area contributed by atoms with Gasteiger partial charge in [0, 0.05) is 5.56 Å². The van der Waals surface area contributed by atoms with Gasteiger partial charge in [0.1, 0.15) is 0 Å². The van der Waals surface area contributed by atoms with Gasteiger partial charge in [-0.05, 0) is 12.1 Å². The molecule has 18 heavy (non-hydrogen) atoms. The minimum Gasteiger partial charge on any atom is -0.475 e. The highest BCUT2D eigenvalue weighted by atomic mass is 35.5. The number of benzene rings is 2. The second kappa shape index (κ2) is 4.30. The van der Waals surface area contributed by atoms with E-state index in [4.69, 9.17) is 27.9 Å². The molecule has 0 radical (unpaired) electrons. The van der Waals surface area contributed by atoms with Crippen LogP contribution in [0.4, 0.5) is 0 Å². The van der Waals surface area contributed by atoms with Gasteiger partial charge in [-0.15, -0.1) is 0 Å². The number of rotatable bonds is 1. The van der Waals surface area contributed by atoms with Crippen LogP contribution >= 0.6 is 23.2 Å². The van der Waals surface area contributed by atoms with Crippen molar-refractivity contribution in [3.05, 3.63) is 63.6 Å². The zero-order valence-corrected chi connectivity index (χ0v) is 10.7. The Balaban J connectivity index is 2.10. The van der Waals surface area contributed by atoms with Crippen LogP contribution in [0.5, 0.6) is 5.75 Å². The summed E-state index contributed by atoms with van der Waals surface area (Å²) in [6, 6.07) is 12.5. The van der Waals surface area contributed by atoms with Gasteiger partial charge in [-0.25, -0.2) is 0 Å². The van der Waals surface area contributed by atoms with Crippen LogP contribution in [-0.4, -0.2) is 5.78 Å². The van der Waals surface area contributed by atoms with Crippen molar-refractivity contribution in [2.45, 2.75) is 6.10 Å². The lowest BCUT2D eigenvalue weighted by atomic mass is 10.0. The SMILES string of the molecule is O=C1c2c(Cl)ccc(Cl)c2OC1c1ccccc1. The topological polar surface area (TPSA) is 26.3 Å². The number of hydrogen-bond donors (Lipinski definition) is 0. The molecule has 0 spiro atoms. The number of fused-ring (bicyclic) bond motifs is 1. The van der Waals surface area contributed by atoms with Crippen molar-refractivity contribution in [2.24, 2.45) is 0 Å². The fourth-order valence-electron chi connectivity index (χ4n) is 2.03. The molecule has 0 amide bonds. The van der Waals surface area contributed by atoms with Gasteiger partial charge in [-0.3, -0.25) is 4.79 Å². The van der Waals surface area contributed by atoms with E-state index in [1.807, 2.05) is 30.3 Å². The van der Waals surface area contributed by atoms with E-state index < -0.39 is 6.10 Å². The summed E-state index contributed by atoms with van der Waals surface area (Å²) in [5.74, 6) is 0.228. The Morgan fingerprint density at radius 3 is 2.28 bits per heavy atom. The van der Waals surface area contributed by atoms with Gasteiger partial charge in [0.05, 0.1) is 15.6 Å². The van der Waals surface area contributed by atoms with E-state index in [1.54, 1.807) is 12.1 Å². The summed E-state index contributed by atoms with van der Waals surface area (Å²) in [5, 5.41) is 0.777. The van der Waals surface area contributed by atoms with Crippen molar-refractivity contribution in [1.29, 1.82) is 0 Å². The van der Waals surface area contributed by atoms with Gasteiger partial charge in [0.15, 0.2) is 11.9 Å². The maximum atomic E-state index is 12.3. The van der Waals surface area contributed by atoms with Crippen molar-refractivity contribution in [3.63, 3.8) is 0 Å². The van der Waals surface area contributed by atoms with Crippen LogP contribution in [0.25, 0.3) is 0 Å². The van der Waals surface area contributed by atoms with Gasteiger partial charge < -0.3 is 4.74 Å². The van der Waals surface area contributed by atoms with E-state index in [-0.39, 0.29) is 5.78 Å². The summed E-state index contributed by atoms with van der Waals surface area (Å²) >= 11 is 12.1. The van der Waals surface area contributed by atoms with Crippen LogP contribution in [0.2, 0.25) is 10.0 Å². The molecule has 0 bridgehead atoms. The first-order valence-electron chi connectivity index (χ1n) is 5.42. The smallest absolute Gasteiger partial charge is 0.213 e. The number of carbonyl (C=O) groups excluding carboxylic acids is 1. The highest BCUT2D eigenvalue weighted by Crippen LogP contribution is 2.44. The van der Waals surface area contributed by atoms with Crippen LogP contribution < -0.4 is 4.74 Å². The van der Waals surface area contributed by atoms with Crippen molar-refractivity contribution in [3.8, 4) is 5.75 Å². The normalized spacial score (nSPS) is 17.4. The second-order valence-corrected chi connectivity index (χ2v) is 4.82. The lowest BCUT2D eigenvalue weighted by Gasteiger charge is -2.09. The van der Waals surface area contributed by atoms with Gasteiger partial charge in [-0.1, -0.05) is 53.5 Å². The molecule has 2 aromatic rings. The summed E-state index contributed by atoms with van der Waals surface area (Å²) in [6.45, 7) is 0. The fraction of sp³-hybridized carbons (Fsp3) is 0.0714. The monoisotopic (exact) mass is 278 g/mol. The van der Waals surface area contributed by atoms with Crippen LogP contribution in [0, 0.1) is 0 Å². The summed E-state index contributed by atoms with van der Waals surface area (Å²) in [4.78, 5) is 12.3. The van der Waals surface area contributed by atoms with Gasteiger partial charge in [0.25, 0.3) is 0 Å². The number of ketones is 1. The molecule has 0 aromatic heterocycles. The first-order valence-corrected chi connectivity index (χ1v) is 6.18. The molecule has 0 saturated heterocycles. The van der Waals surface area contributed by atoms with Crippen LogP contribution in [0.3, 0.4) is 0 Å². The van der Waals surface area contributed by atoms with E-state index >= 15 is 0 Å². The van der Waals surface area contributed by atoms with Crippen molar-refractivity contribution < 1.29 is 9.53 Å². The lowest BCUT2D eigenvalue weighted by molar-refractivity contribution is 0.0858. The van der Waals surface area contributed by atoms with Crippen molar-refractivity contribution in [2.75, 3.05) is 0 Å². The van der Waals surface area contributed by atoms with Gasteiger partial charge in [0.2, 0.25) is 5.78 Å². The molecule has 0 aliphatic carbocycles. The molecule has 2 nitrogen and oxygen atoms in total. The third-order valence-corrected chi connectivity index (χ3v) is 3.49. The Morgan fingerprint density at radius 1 is 0.944 bits per heavy atom. The fourth-order valence-corrected chi connectivity index (χ4v) is 2.47. The molecule has 1 unspecified atom stereocenters. The molecule has 2 aromatic carbocycles. The Morgan fingerprint density at radius 2 is 1.61 bits per heavy atom. The molecule has 1 atom stereocenters. The molecule has 0 N–H and O–H groups in total. The van der Waals surface area contributed by atoms with Crippen LogP contribution in [0.15, 0.2) is 42.5 Å². The summed E-state index contributed by atoms with van der Waals surface area (Å²) in [6.07, 6.45) is -0.654. The van der Waals surface area contributed by atoms with Crippen molar-refractivity contribution >= 4 is 29.0 Å². The molecular formula is C14H8Cl2O2. The maximum Gasteiger partial charge on any atom is 0.213 e. The number of ether oxygens (including phenoxy) is 1. The third kappa shape index (κ3) is 1.69. The standard InChI is InChI=1S/C14H8Cl2O2/c15-9-6-7-10(16)14-11(9)12(17)13(18-14)8-4-2-1-3-5-8/h1-7,13H. The van der Waals surface area contributed by atoms with Crippen LogP contribution in [0.1, 0.15) is 22.0 Å². The Kier molecular flexibility index (Phi) is 2.77. The zero-order chi connectivity index (χ0) is 12.7. The molecule has 0 fully saturated rings.